The van der Waals surface area contributed by atoms with Gasteiger partial charge >= 0.3 is 0 Å². The second-order valence-electron chi connectivity index (χ2n) is 12.2. The fourth-order valence-corrected chi connectivity index (χ4v) is 7.30. The highest BCUT2D eigenvalue weighted by Gasteiger charge is 2.47. The molecule has 0 radical (unpaired) electrons. The molecule has 34 heavy (non-hydrogen) atoms. The third-order valence-electron chi connectivity index (χ3n) is 9.88. The predicted molar refractivity (Wildman–Crippen MR) is 159 cm³/mol. The van der Waals surface area contributed by atoms with E-state index in [0.717, 1.165) is 29.6 Å². The van der Waals surface area contributed by atoms with E-state index in [0.29, 0.717) is 10.8 Å². The molecule has 2 unspecified atom stereocenters. The Balaban J connectivity index is 0.00000168. The molecule has 0 heterocycles. The summed E-state index contributed by atoms with van der Waals surface area (Å²) in [4.78, 5) is 0. The van der Waals surface area contributed by atoms with E-state index in [2.05, 4.69) is 47.6 Å². The van der Waals surface area contributed by atoms with Gasteiger partial charge in [0.15, 0.2) is 0 Å². The van der Waals surface area contributed by atoms with Crippen LogP contribution in [0.5, 0.6) is 0 Å². The highest BCUT2D eigenvalue weighted by atomic mass is 14.5. The van der Waals surface area contributed by atoms with Crippen LogP contribution in [-0.2, 0) is 0 Å². The van der Waals surface area contributed by atoms with Crippen molar-refractivity contribution >= 4 is 0 Å². The van der Waals surface area contributed by atoms with Crippen LogP contribution in [0.15, 0.2) is 11.6 Å². The van der Waals surface area contributed by atoms with Gasteiger partial charge in [-0.1, -0.05) is 114 Å². The van der Waals surface area contributed by atoms with Crippen molar-refractivity contribution < 1.29 is 0 Å². The molecule has 0 bridgehead atoms. The minimum absolute atomic E-state index is 0.487. The molecule has 6 atom stereocenters. The van der Waals surface area contributed by atoms with E-state index < -0.39 is 0 Å². The topological polar surface area (TPSA) is 0 Å². The minimum atomic E-state index is 0.487. The highest BCUT2D eigenvalue weighted by molar-refractivity contribution is 5.19. The second-order valence-corrected chi connectivity index (χ2v) is 12.2. The first-order valence-corrected chi connectivity index (χ1v) is 15.9. The van der Waals surface area contributed by atoms with E-state index in [9.17, 15) is 0 Å². The van der Waals surface area contributed by atoms with Gasteiger partial charge in [0.1, 0.15) is 0 Å². The van der Waals surface area contributed by atoms with Gasteiger partial charge in [0.2, 0.25) is 0 Å². The largest absolute Gasteiger partial charge is 0.0847 e. The summed E-state index contributed by atoms with van der Waals surface area (Å²) in [5.41, 5.74) is 2.95. The molecule has 2 saturated carbocycles. The van der Waals surface area contributed by atoms with Crippen molar-refractivity contribution in [2.24, 2.45) is 40.4 Å². The molecule has 0 saturated heterocycles. The summed E-state index contributed by atoms with van der Waals surface area (Å²) >= 11 is 0. The molecule has 2 fully saturated rings. The van der Waals surface area contributed by atoms with E-state index in [1.54, 1.807) is 0 Å². The number of hydrogen-bond acceptors (Lipinski definition) is 0. The quantitative estimate of drug-likeness (QED) is 0.273. The predicted octanol–water partition coefficient (Wildman–Crippen LogP) is 12.3. The van der Waals surface area contributed by atoms with Crippen molar-refractivity contribution in [2.75, 3.05) is 0 Å². The lowest BCUT2D eigenvalue weighted by Crippen LogP contribution is -2.36. The number of fused-ring (bicyclic) bond motifs is 2. The third-order valence-corrected chi connectivity index (χ3v) is 9.88. The maximum absolute atomic E-state index is 2.73. The number of hydrogen-bond donors (Lipinski definition) is 0. The van der Waals surface area contributed by atoms with Gasteiger partial charge in [0.05, 0.1) is 0 Å². The van der Waals surface area contributed by atoms with Crippen LogP contribution >= 0.6 is 0 Å². The van der Waals surface area contributed by atoms with Gasteiger partial charge in [0, 0.05) is 0 Å². The monoisotopic (exact) mass is 477 g/mol. The first-order valence-electron chi connectivity index (χ1n) is 15.9. The van der Waals surface area contributed by atoms with Gasteiger partial charge in [0.25, 0.3) is 0 Å². The molecule has 0 spiro atoms. The van der Waals surface area contributed by atoms with E-state index in [4.69, 9.17) is 0 Å². The second kappa shape index (κ2) is 17.2. The summed E-state index contributed by atoms with van der Waals surface area (Å²) < 4.78 is 0. The molecular weight excluding hydrogens is 408 g/mol. The van der Waals surface area contributed by atoms with Crippen LogP contribution in [0.25, 0.3) is 0 Å². The normalized spacial score (nSPS) is 36.7. The lowest BCUT2D eigenvalue weighted by Gasteiger charge is -2.47. The van der Waals surface area contributed by atoms with E-state index >= 15 is 0 Å². The van der Waals surface area contributed by atoms with Crippen LogP contribution in [0.3, 0.4) is 0 Å². The summed E-state index contributed by atoms with van der Waals surface area (Å²) in [7, 11) is 0. The smallest absolute Gasteiger partial charge is 0.00906 e. The molecule has 0 N–H and O–H groups in total. The number of allylic oxidation sites excluding steroid dienone is 2. The molecule has 0 aromatic rings. The molecule has 3 aliphatic carbocycles. The Kier molecular flexibility index (Phi) is 17.1. The standard InChI is InChI=1S/C28H50.3C2H6/c1-21(2)10-7-8-11-24-14-15-25-12-9-13-26-20-22(3)16-18-27(26,5)23(4)17-19-28(24,25)6;3*1-2/h13,21-25H,7-12,14-20H2,1-6H3;3*1-2H3/b26-13-;;;/t22-,23?,24-,25?,27+,28+;;;/m0.../s1. The first kappa shape index (κ1) is 33.7. The van der Waals surface area contributed by atoms with Gasteiger partial charge < -0.3 is 0 Å². The van der Waals surface area contributed by atoms with Crippen molar-refractivity contribution in [3.05, 3.63) is 11.6 Å². The SMILES string of the molecule is CC.CC.CC.CC(C)CCCC[C@H]1CCC2CC/C=C3/C[C@@H](C)CC[C@]3(C)C(C)CC[C@@]21C. The molecule has 3 rings (SSSR count). The lowest BCUT2D eigenvalue weighted by atomic mass is 9.58. The zero-order chi connectivity index (χ0) is 26.4. The molecule has 0 aliphatic heterocycles. The average molecular weight is 477 g/mol. The minimum Gasteiger partial charge on any atom is -0.0847 e. The molecule has 0 aromatic carbocycles. The lowest BCUT2D eigenvalue weighted by molar-refractivity contribution is 0.0878. The Morgan fingerprint density at radius 3 is 2.09 bits per heavy atom. The summed E-state index contributed by atoms with van der Waals surface area (Å²) in [6, 6.07) is 0. The molecule has 0 heteroatoms. The molecule has 3 aliphatic rings. The summed E-state index contributed by atoms with van der Waals surface area (Å²) in [5, 5.41) is 0. The Bertz CT molecular complexity index is 528. The first-order chi connectivity index (χ1) is 16.3. The Hall–Kier alpha value is -0.260. The van der Waals surface area contributed by atoms with Gasteiger partial charge in [-0.25, -0.2) is 0 Å². The summed E-state index contributed by atoms with van der Waals surface area (Å²) in [6.07, 6.45) is 21.6. The van der Waals surface area contributed by atoms with Crippen LogP contribution in [0, 0.1) is 40.4 Å². The zero-order valence-corrected chi connectivity index (χ0v) is 26.2. The van der Waals surface area contributed by atoms with Gasteiger partial charge in [-0.15, -0.1) is 0 Å². The molecule has 0 nitrogen and oxygen atoms in total. The van der Waals surface area contributed by atoms with Crippen molar-refractivity contribution in [3.63, 3.8) is 0 Å². The van der Waals surface area contributed by atoms with E-state index in [1.807, 2.05) is 47.1 Å². The van der Waals surface area contributed by atoms with Crippen molar-refractivity contribution in [1.82, 2.24) is 0 Å². The Labute approximate surface area is 218 Å². The van der Waals surface area contributed by atoms with Crippen molar-refractivity contribution in [1.29, 1.82) is 0 Å². The Morgan fingerprint density at radius 1 is 0.824 bits per heavy atom. The van der Waals surface area contributed by atoms with E-state index in [-0.39, 0.29) is 0 Å². The van der Waals surface area contributed by atoms with Gasteiger partial charge in [-0.3, -0.25) is 0 Å². The summed E-state index contributed by atoms with van der Waals surface area (Å²) in [5.74, 6) is 4.61. The van der Waals surface area contributed by atoms with Crippen LogP contribution in [0.1, 0.15) is 167 Å². The van der Waals surface area contributed by atoms with Crippen molar-refractivity contribution in [2.45, 2.75) is 167 Å². The third kappa shape index (κ3) is 9.00. The van der Waals surface area contributed by atoms with Crippen LogP contribution in [0.4, 0.5) is 0 Å². The molecule has 204 valence electrons. The van der Waals surface area contributed by atoms with E-state index in [1.165, 1.54) is 83.5 Å². The van der Waals surface area contributed by atoms with Crippen LogP contribution < -0.4 is 0 Å². The molecular formula is C34H68. The number of unbranched alkanes of at least 4 members (excludes halogenated alkanes) is 1. The highest BCUT2D eigenvalue weighted by Crippen LogP contribution is 2.57. The number of rotatable bonds is 5. The fraction of sp³-hybridized carbons (Fsp3) is 0.941. The molecule has 0 amide bonds. The maximum Gasteiger partial charge on any atom is -0.00906 e. The molecule has 0 aromatic heterocycles. The zero-order valence-electron chi connectivity index (χ0n) is 26.2. The maximum atomic E-state index is 2.73. The average Bonchev–Trinajstić information content (AvgIpc) is 3.16. The van der Waals surface area contributed by atoms with Crippen molar-refractivity contribution in [3.8, 4) is 0 Å². The van der Waals surface area contributed by atoms with Crippen LogP contribution in [-0.4, -0.2) is 0 Å². The van der Waals surface area contributed by atoms with Crippen LogP contribution in [0.2, 0.25) is 0 Å². The summed E-state index contributed by atoms with van der Waals surface area (Å²) in [6.45, 7) is 27.2. The fourth-order valence-electron chi connectivity index (χ4n) is 7.30. The Morgan fingerprint density at radius 2 is 1.47 bits per heavy atom. The van der Waals surface area contributed by atoms with Gasteiger partial charge in [-0.05, 0) is 105 Å². The van der Waals surface area contributed by atoms with Gasteiger partial charge in [-0.2, -0.15) is 0 Å².